The summed E-state index contributed by atoms with van der Waals surface area (Å²) in [4.78, 5) is 35.2. The number of carboxylic acid groups (broad SMARTS) is 2. The standard InChI is InChI=1S/C23H21N3O6/c1-13-8-17(12-24-25-21(27)19-6-4-5-7-20(19)32-3)14(2)26(13)18-10-15(22(28)29)9-16(11-18)23(30)31/h4-12H,1-3H3,(H,25,27)(H,28,29)(H,30,31)/b24-12-. The summed E-state index contributed by atoms with van der Waals surface area (Å²) < 4.78 is 6.90. The Balaban J connectivity index is 1.91. The Hall–Kier alpha value is -4.40. The van der Waals surface area contributed by atoms with Crippen molar-refractivity contribution in [3.05, 3.63) is 82.2 Å². The van der Waals surface area contributed by atoms with Crippen LogP contribution in [-0.2, 0) is 0 Å². The number of hydrogen-bond acceptors (Lipinski definition) is 5. The summed E-state index contributed by atoms with van der Waals surface area (Å²) in [5, 5.41) is 22.7. The van der Waals surface area contributed by atoms with Crippen LogP contribution in [0.5, 0.6) is 5.75 Å². The number of aromatic carboxylic acids is 2. The van der Waals surface area contributed by atoms with Gasteiger partial charge in [-0.2, -0.15) is 5.10 Å². The second kappa shape index (κ2) is 9.17. The molecular formula is C23H21N3O6. The lowest BCUT2D eigenvalue weighted by molar-refractivity contribution is 0.0696. The van der Waals surface area contributed by atoms with Crippen LogP contribution in [0.2, 0.25) is 0 Å². The van der Waals surface area contributed by atoms with E-state index < -0.39 is 17.8 Å². The highest BCUT2D eigenvalue weighted by atomic mass is 16.5. The molecule has 0 spiro atoms. The number of rotatable bonds is 7. The van der Waals surface area contributed by atoms with Crippen molar-refractivity contribution in [2.24, 2.45) is 5.10 Å². The van der Waals surface area contributed by atoms with Gasteiger partial charge in [0.2, 0.25) is 0 Å². The smallest absolute Gasteiger partial charge is 0.335 e. The molecular weight excluding hydrogens is 414 g/mol. The Labute approximate surface area is 183 Å². The van der Waals surface area contributed by atoms with Gasteiger partial charge in [0.1, 0.15) is 5.75 Å². The third-order valence-electron chi connectivity index (χ3n) is 4.86. The van der Waals surface area contributed by atoms with Crippen molar-refractivity contribution in [2.45, 2.75) is 13.8 Å². The molecule has 1 heterocycles. The first-order valence-corrected chi connectivity index (χ1v) is 9.50. The molecule has 0 fully saturated rings. The number of carbonyl (C=O) groups excluding carboxylic acids is 1. The minimum absolute atomic E-state index is 0.133. The van der Waals surface area contributed by atoms with Gasteiger partial charge in [0.05, 0.1) is 30.0 Å². The molecule has 32 heavy (non-hydrogen) atoms. The molecule has 9 nitrogen and oxygen atoms in total. The number of carboxylic acids is 2. The van der Waals surface area contributed by atoms with Crippen molar-refractivity contribution in [3.63, 3.8) is 0 Å². The molecule has 0 unspecified atom stereocenters. The largest absolute Gasteiger partial charge is 0.496 e. The number of nitrogens with one attached hydrogen (secondary N) is 1. The maximum atomic E-state index is 12.4. The first-order chi connectivity index (χ1) is 15.2. The first-order valence-electron chi connectivity index (χ1n) is 9.50. The van der Waals surface area contributed by atoms with Crippen molar-refractivity contribution in [1.29, 1.82) is 0 Å². The van der Waals surface area contributed by atoms with Crippen LogP contribution in [0, 0.1) is 13.8 Å². The van der Waals surface area contributed by atoms with Crippen LogP contribution in [0.15, 0.2) is 53.6 Å². The molecule has 3 aromatic rings. The van der Waals surface area contributed by atoms with E-state index in [1.54, 1.807) is 48.7 Å². The number of hydrogen-bond donors (Lipinski definition) is 3. The van der Waals surface area contributed by atoms with Gasteiger partial charge in [-0.1, -0.05) is 12.1 Å². The number of hydrazone groups is 1. The monoisotopic (exact) mass is 435 g/mol. The number of aryl methyl sites for hydroxylation is 1. The number of benzene rings is 2. The van der Waals surface area contributed by atoms with Crippen molar-refractivity contribution < 1.29 is 29.3 Å². The predicted octanol–water partition coefficient (Wildman–Crippen LogP) is 3.26. The molecule has 1 amide bonds. The van der Waals surface area contributed by atoms with E-state index in [-0.39, 0.29) is 11.1 Å². The SMILES string of the molecule is COc1ccccc1C(=O)N/N=C\c1cc(C)n(-c2cc(C(=O)O)cc(C(=O)O)c2)c1C. The number of nitrogens with zero attached hydrogens (tertiary/aromatic N) is 2. The summed E-state index contributed by atoms with van der Waals surface area (Å²) in [6.07, 6.45) is 1.46. The molecule has 2 aromatic carbocycles. The average molecular weight is 435 g/mol. The van der Waals surface area contributed by atoms with Crippen LogP contribution < -0.4 is 10.2 Å². The fourth-order valence-corrected chi connectivity index (χ4v) is 3.36. The third kappa shape index (κ3) is 4.51. The fourth-order valence-electron chi connectivity index (χ4n) is 3.36. The Morgan fingerprint density at radius 1 is 1.00 bits per heavy atom. The summed E-state index contributed by atoms with van der Waals surface area (Å²) in [7, 11) is 1.47. The van der Waals surface area contributed by atoms with Crippen molar-refractivity contribution in [1.82, 2.24) is 9.99 Å². The molecule has 164 valence electrons. The van der Waals surface area contributed by atoms with Crippen molar-refractivity contribution in [3.8, 4) is 11.4 Å². The fraction of sp³-hybridized carbons (Fsp3) is 0.130. The molecule has 0 saturated heterocycles. The lowest BCUT2D eigenvalue weighted by atomic mass is 10.1. The summed E-state index contributed by atoms with van der Waals surface area (Å²) in [5.74, 6) is -2.46. The third-order valence-corrected chi connectivity index (χ3v) is 4.86. The van der Waals surface area contributed by atoms with Crippen molar-refractivity contribution >= 4 is 24.1 Å². The molecule has 0 aliphatic carbocycles. The van der Waals surface area contributed by atoms with E-state index in [1.807, 2.05) is 0 Å². The Morgan fingerprint density at radius 2 is 1.62 bits per heavy atom. The topological polar surface area (TPSA) is 130 Å². The minimum atomic E-state index is -1.22. The highest BCUT2D eigenvalue weighted by Gasteiger charge is 2.16. The van der Waals surface area contributed by atoms with Crippen LogP contribution in [0.1, 0.15) is 48.0 Å². The highest BCUT2D eigenvalue weighted by Crippen LogP contribution is 2.23. The highest BCUT2D eigenvalue weighted by molar-refractivity contribution is 5.97. The Kier molecular flexibility index (Phi) is 6.39. The van der Waals surface area contributed by atoms with Gasteiger partial charge in [-0.15, -0.1) is 0 Å². The van der Waals surface area contributed by atoms with Crippen LogP contribution >= 0.6 is 0 Å². The van der Waals surface area contributed by atoms with E-state index in [0.717, 1.165) is 11.8 Å². The zero-order valence-electron chi connectivity index (χ0n) is 17.6. The van der Waals surface area contributed by atoms with Gasteiger partial charge in [-0.3, -0.25) is 4.79 Å². The van der Waals surface area contributed by atoms with E-state index in [1.165, 1.54) is 25.5 Å². The molecule has 3 N–H and O–H groups in total. The Morgan fingerprint density at radius 3 is 2.22 bits per heavy atom. The molecule has 0 bridgehead atoms. The molecule has 0 aliphatic rings. The molecule has 0 radical (unpaired) electrons. The second-order valence-electron chi connectivity index (χ2n) is 6.94. The van der Waals surface area contributed by atoms with E-state index >= 15 is 0 Å². The predicted molar refractivity (Wildman–Crippen MR) is 117 cm³/mol. The zero-order valence-corrected chi connectivity index (χ0v) is 17.6. The van der Waals surface area contributed by atoms with Gasteiger partial charge in [0, 0.05) is 22.6 Å². The molecule has 0 aliphatic heterocycles. The number of para-hydroxylation sites is 1. The minimum Gasteiger partial charge on any atom is -0.496 e. The maximum Gasteiger partial charge on any atom is 0.335 e. The van der Waals surface area contributed by atoms with Crippen LogP contribution in [0.3, 0.4) is 0 Å². The van der Waals surface area contributed by atoms with Gasteiger partial charge in [-0.25, -0.2) is 15.0 Å². The lowest BCUT2D eigenvalue weighted by Gasteiger charge is -2.12. The number of methoxy groups -OCH3 is 1. The quantitative estimate of drug-likeness (QED) is 0.386. The van der Waals surface area contributed by atoms with Crippen LogP contribution in [-0.4, -0.2) is 46.0 Å². The lowest BCUT2D eigenvalue weighted by Crippen LogP contribution is -2.18. The Bertz CT molecular complexity index is 1210. The molecule has 3 rings (SSSR count). The van der Waals surface area contributed by atoms with Gasteiger partial charge >= 0.3 is 11.9 Å². The van der Waals surface area contributed by atoms with Crippen LogP contribution in [0.4, 0.5) is 0 Å². The number of aromatic nitrogens is 1. The van der Waals surface area contributed by atoms with Gasteiger partial charge in [0.15, 0.2) is 0 Å². The van der Waals surface area contributed by atoms with Crippen LogP contribution in [0.25, 0.3) is 5.69 Å². The molecule has 9 heteroatoms. The van der Waals surface area contributed by atoms with Crippen molar-refractivity contribution in [2.75, 3.05) is 7.11 Å². The zero-order chi connectivity index (χ0) is 23.4. The van der Waals surface area contributed by atoms with E-state index in [9.17, 15) is 24.6 Å². The van der Waals surface area contributed by atoms with Gasteiger partial charge in [0.25, 0.3) is 5.91 Å². The average Bonchev–Trinajstić information content (AvgIpc) is 3.06. The molecule has 0 saturated carbocycles. The summed E-state index contributed by atoms with van der Waals surface area (Å²) in [6.45, 7) is 3.58. The first kappa shape index (κ1) is 22.3. The number of ether oxygens (including phenoxy) is 1. The van der Waals surface area contributed by atoms with Gasteiger partial charge in [-0.05, 0) is 50.2 Å². The molecule has 1 aromatic heterocycles. The van der Waals surface area contributed by atoms with E-state index in [0.29, 0.717) is 28.3 Å². The summed E-state index contributed by atoms with van der Waals surface area (Å²) in [6, 6.07) is 12.5. The summed E-state index contributed by atoms with van der Waals surface area (Å²) in [5.41, 5.74) is 5.02. The maximum absolute atomic E-state index is 12.4. The summed E-state index contributed by atoms with van der Waals surface area (Å²) >= 11 is 0. The van der Waals surface area contributed by atoms with E-state index in [4.69, 9.17) is 4.74 Å². The van der Waals surface area contributed by atoms with E-state index in [2.05, 4.69) is 10.5 Å². The molecule has 0 atom stereocenters. The van der Waals surface area contributed by atoms with Gasteiger partial charge < -0.3 is 19.5 Å². The number of amides is 1. The second-order valence-corrected chi connectivity index (χ2v) is 6.94. The normalized spacial score (nSPS) is 10.8. The number of carbonyl (C=O) groups is 3.